The zero-order chi connectivity index (χ0) is 13.3. The number of nitrogens with one attached hydrogen (secondary N) is 1. The Hall–Kier alpha value is -0.170. The average molecular weight is 275 g/mol. The minimum absolute atomic E-state index is 0.135. The molecule has 0 radical (unpaired) electrons. The van der Waals surface area contributed by atoms with Gasteiger partial charge in [-0.05, 0) is 32.2 Å². The van der Waals surface area contributed by atoms with Crippen LogP contribution in [0.5, 0.6) is 0 Å². The van der Waals surface area contributed by atoms with Gasteiger partial charge in [0.1, 0.15) is 0 Å². The summed E-state index contributed by atoms with van der Waals surface area (Å²) in [5.74, 6) is 0.495. The molecule has 5 nitrogen and oxygen atoms in total. The fraction of sp³-hybridized carbons (Fsp3) is 1.00. The third kappa shape index (κ3) is 2.43. The zero-order valence-electron chi connectivity index (χ0n) is 11.6. The molecule has 2 heterocycles. The zero-order valence-corrected chi connectivity index (χ0v) is 12.4. The van der Waals surface area contributed by atoms with Gasteiger partial charge >= 0.3 is 0 Å². The largest absolute Gasteiger partial charge is 0.315 e. The first kappa shape index (κ1) is 14.2. The van der Waals surface area contributed by atoms with Gasteiger partial charge in [-0.15, -0.1) is 0 Å². The molecule has 0 aromatic rings. The van der Waals surface area contributed by atoms with Crippen molar-refractivity contribution in [2.75, 3.05) is 26.7 Å². The molecule has 6 heteroatoms. The van der Waals surface area contributed by atoms with E-state index in [0.29, 0.717) is 12.5 Å². The van der Waals surface area contributed by atoms with Crippen LogP contribution in [0.3, 0.4) is 0 Å². The van der Waals surface area contributed by atoms with Crippen molar-refractivity contribution in [1.29, 1.82) is 0 Å². The molecular weight excluding hydrogens is 250 g/mol. The predicted octanol–water partition coefficient (Wildman–Crippen LogP) is 0.645. The lowest BCUT2D eigenvalue weighted by molar-refractivity contribution is 0.302. The van der Waals surface area contributed by atoms with Crippen LogP contribution < -0.4 is 5.32 Å². The van der Waals surface area contributed by atoms with Gasteiger partial charge in [0.05, 0.1) is 0 Å². The smallest absolute Gasteiger partial charge is 0.282 e. The number of fused-ring (bicyclic) bond motifs is 1. The van der Waals surface area contributed by atoms with E-state index in [1.165, 1.54) is 4.31 Å². The minimum Gasteiger partial charge on any atom is -0.315 e. The number of hydrogen-bond acceptors (Lipinski definition) is 3. The number of rotatable bonds is 5. The lowest BCUT2D eigenvalue weighted by Gasteiger charge is -2.31. The van der Waals surface area contributed by atoms with Crippen LogP contribution in [0.4, 0.5) is 0 Å². The van der Waals surface area contributed by atoms with Crippen molar-refractivity contribution in [1.82, 2.24) is 13.9 Å². The van der Waals surface area contributed by atoms with E-state index in [2.05, 4.69) is 12.2 Å². The molecule has 3 unspecified atom stereocenters. The van der Waals surface area contributed by atoms with Crippen LogP contribution in [-0.4, -0.2) is 55.8 Å². The third-order valence-electron chi connectivity index (χ3n) is 4.20. The van der Waals surface area contributed by atoms with Gasteiger partial charge in [0.25, 0.3) is 10.2 Å². The van der Waals surface area contributed by atoms with E-state index in [1.807, 2.05) is 6.92 Å². The monoisotopic (exact) mass is 275 g/mol. The van der Waals surface area contributed by atoms with E-state index in [9.17, 15) is 8.42 Å². The first-order valence-corrected chi connectivity index (χ1v) is 8.33. The lowest BCUT2D eigenvalue weighted by Crippen LogP contribution is -2.49. The van der Waals surface area contributed by atoms with Crippen molar-refractivity contribution >= 4 is 10.2 Å². The van der Waals surface area contributed by atoms with E-state index in [4.69, 9.17) is 0 Å². The molecule has 0 spiro atoms. The number of hydrogen-bond donors (Lipinski definition) is 1. The van der Waals surface area contributed by atoms with Crippen molar-refractivity contribution < 1.29 is 8.42 Å². The quantitative estimate of drug-likeness (QED) is 0.801. The molecule has 106 valence electrons. The van der Waals surface area contributed by atoms with E-state index >= 15 is 0 Å². The van der Waals surface area contributed by atoms with Gasteiger partial charge < -0.3 is 5.32 Å². The highest BCUT2D eigenvalue weighted by atomic mass is 32.2. The van der Waals surface area contributed by atoms with Crippen LogP contribution in [0.1, 0.15) is 33.1 Å². The molecule has 0 aliphatic carbocycles. The molecule has 2 aliphatic heterocycles. The maximum Gasteiger partial charge on any atom is 0.282 e. The predicted molar refractivity (Wildman–Crippen MR) is 72.5 cm³/mol. The average Bonchev–Trinajstić information content (AvgIpc) is 2.84. The molecule has 0 aromatic carbocycles. The van der Waals surface area contributed by atoms with Crippen molar-refractivity contribution in [2.45, 2.75) is 45.2 Å². The molecule has 2 saturated heterocycles. The lowest BCUT2D eigenvalue weighted by atomic mass is 10.0. The normalized spacial score (nSPS) is 33.2. The van der Waals surface area contributed by atoms with Crippen LogP contribution in [-0.2, 0) is 10.2 Å². The molecule has 0 aromatic heterocycles. The van der Waals surface area contributed by atoms with Crippen LogP contribution in [0.15, 0.2) is 0 Å². The van der Waals surface area contributed by atoms with Crippen LogP contribution in [0, 0.1) is 5.92 Å². The SMILES string of the molecule is CCCCN(C)S(=O)(=O)N1C(C)CC2CNCC21. The number of unbranched alkanes of at least 4 members (excludes halogenated alkanes) is 1. The third-order valence-corrected chi connectivity index (χ3v) is 6.33. The second-order valence-electron chi connectivity index (χ2n) is 5.58. The summed E-state index contributed by atoms with van der Waals surface area (Å²) in [4.78, 5) is 0. The van der Waals surface area contributed by atoms with E-state index < -0.39 is 10.2 Å². The summed E-state index contributed by atoms with van der Waals surface area (Å²) < 4.78 is 28.5. The van der Waals surface area contributed by atoms with Gasteiger partial charge in [0.15, 0.2) is 0 Å². The second kappa shape index (κ2) is 5.45. The van der Waals surface area contributed by atoms with Gasteiger partial charge in [-0.2, -0.15) is 17.0 Å². The maximum atomic E-state index is 12.6. The van der Waals surface area contributed by atoms with Crippen molar-refractivity contribution in [3.63, 3.8) is 0 Å². The summed E-state index contributed by atoms with van der Waals surface area (Å²) >= 11 is 0. The maximum absolute atomic E-state index is 12.6. The van der Waals surface area contributed by atoms with Gasteiger partial charge in [-0.25, -0.2) is 0 Å². The Balaban J connectivity index is 2.13. The van der Waals surface area contributed by atoms with Gasteiger partial charge in [-0.3, -0.25) is 0 Å². The van der Waals surface area contributed by atoms with Crippen molar-refractivity contribution in [2.24, 2.45) is 5.92 Å². The Kier molecular flexibility index (Phi) is 4.31. The molecule has 0 bridgehead atoms. The number of nitrogens with zero attached hydrogens (tertiary/aromatic N) is 2. The molecule has 3 atom stereocenters. The van der Waals surface area contributed by atoms with Crippen LogP contribution >= 0.6 is 0 Å². The standard InChI is InChI=1S/C12H25N3O2S/c1-4-5-6-14(3)18(16,17)15-10(2)7-11-8-13-9-12(11)15/h10-13H,4-9H2,1-3H3. The minimum atomic E-state index is -3.29. The fourth-order valence-electron chi connectivity index (χ4n) is 3.18. The first-order chi connectivity index (χ1) is 8.48. The molecule has 2 aliphatic rings. The molecule has 2 rings (SSSR count). The summed E-state index contributed by atoms with van der Waals surface area (Å²) in [5.41, 5.74) is 0. The summed E-state index contributed by atoms with van der Waals surface area (Å²) in [5, 5.41) is 3.30. The summed E-state index contributed by atoms with van der Waals surface area (Å²) in [6, 6.07) is 0.297. The Labute approximate surface area is 111 Å². The van der Waals surface area contributed by atoms with E-state index in [0.717, 1.165) is 32.4 Å². The topological polar surface area (TPSA) is 52.7 Å². The Morgan fingerprint density at radius 3 is 2.78 bits per heavy atom. The summed E-state index contributed by atoms with van der Waals surface area (Å²) in [7, 11) is -1.59. The Bertz CT molecular complexity index is 385. The van der Waals surface area contributed by atoms with Crippen LogP contribution in [0.2, 0.25) is 0 Å². The van der Waals surface area contributed by atoms with Gasteiger partial charge in [0.2, 0.25) is 0 Å². The Morgan fingerprint density at radius 2 is 2.11 bits per heavy atom. The first-order valence-electron chi connectivity index (χ1n) is 6.94. The Morgan fingerprint density at radius 1 is 1.39 bits per heavy atom. The molecule has 0 saturated carbocycles. The molecule has 0 amide bonds. The van der Waals surface area contributed by atoms with Crippen molar-refractivity contribution in [3.8, 4) is 0 Å². The van der Waals surface area contributed by atoms with E-state index in [-0.39, 0.29) is 12.1 Å². The molecule has 2 fully saturated rings. The van der Waals surface area contributed by atoms with Gasteiger partial charge in [0, 0.05) is 32.2 Å². The molecule has 18 heavy (non-hydrogen) atoms. The molecular formula is C12H25N3O2S. The fourth-order valence-corrected chi connectivity index (χ4v) is 4.99. The van der Waals surface area contributed by atoms with Crippen LogP contribution in [0.25, 0.3) is 0 Å². The highest BCUT2D eigenvalue weighted by molar-refractivity contribution is 7.86. The summed E-state index contributed by atoms with van der Waals surface area (Å²) in [6.45, 7) is 6.49. The highest BCUT2D eigenvalue weighted by Gasteiger charge is 2.48. The van der Waals surface area contributed by atoms with Crippen molar-refractivity contribution in [3.05, 3.63) is 0 Å². The second-order valence-corrected chi connectivity index (χ2v) is 7.52. The molecule has 1 N–H and O–H groups in total. The van der Waals surface area contributed by atoms with E-state index in [1.54, 1.807) is 11.4 Å². The highest BCUT2D eigenvalue weighted by Crippen LogP contribution is 2.35. The summed E-state index contributed by atoms with van der Waals surface area (Å²) in [6.07, 6.45) is 2.92. The van der Waals surface area contributed by atoms with Gasteiger partial charge in [-0.1, -0.05) is 13.3 Å².